The number of allylic oxidation sites excluding steroid dienone is 2. The lowest BCUT2D eigenvalue weighted by atomic mass is 9.80. The van der Waals surface area contributed by atoms with E-state index in [-0.39, 0.29) is 10.5 Å². The Balaban J connectivity index is 1.86. The van der Waals surface area contributed by atoms with Crippen molar-refractivity contribution in [3.05, 3.63) is 68.6 Å². The monoisotopic (exact) mass is 520 g/mol. The number of aryl methyl sites for hydroxylation is 1. The number of halogens is 6. The van der Waals surface area contributed by atoms with Gasteiger partial charge in [-0.15, -0.1) is 23.1 Å². The molecule has 1 aromatic heterocycles. The van der Waals surface area contributed by atoms with E-state index in [1.54, 1.807) is 6.92 Å². The van der Waals surface area contributed by atoms with Crippen LogP contribution in [0.15, 0.2) is 34.7 Å². The van der Waals surface area contributed by atoms with Crippen LogP contribution in [0.2, 0.25) is 0 Å². The van der Waals surface area contributed by atoms with Crippen molar-refractivity contribution in [2.45, 2.75) is 48.2 Å². The molecule has 0 N–H and O–H groups in total. The van der Waals surface area contributed by atoms with Gasteiger partial charge in [0.25, 0.3) is 0 Å². The van der Waals surface area contributed by atoms with Crippen LogP contribution in [-0.2, 0) is 5.67 Å². The van der Waals surface area contributed by atoms with E-state index in [2.05, 4.69) is 0 Å². The minimum Gasteiger partial charge on any atom is -0.240 e. The highest BCUT2D eigenvalue weighted by molar-refractivity contribution is 8.00. The molecule has 5 atom stereocenters. The Morgan fingerprint density at radius 2 is 1.71 bits per heavy atom. The van der Waals surface area contributed by atoms with E-state index in [9.17, 15) is 14.0 Å². The van der Waals surface area contributed by atoms with E-state index >= 15 is 17.6 Å². The summed E-state index contributed by atoms with van der Waals surface area (Å²) in [6.45, 7) is 2.87. The van der Waals surface area contributed by atoms with Gasteiger partial charge in [-0.2, -0.15) is 10.5 Å². The number of nitriles is 2. The lowest BCUT2D eigenvalue weighted by Gasteiger charge is -2.30. The molecule has 3 aromatic rings. The predicted molar refractivity (Wildman–Crippen MR) is 122 cm³/mol. The minimum atomic E-state index is -3.08. The van der Waals surface area contributed by atoms with Gasteiger partial charge in [0.2, 0.25) is 0 Å². The molecular formula is C25H14F6N2S2. The molecule has 2 nitrogen and oxygen atoms in total. The first-order valence-corrected chi connectivity index (χ1v) is 12.1. The Kier molecular flexibility index (Phi) is 5.46. The van der Waals surface area contributed by atoms with Gasteiger partial charge in [-0.05, 0) is 32.0 Å². The smallest absolute Gasteiger partial charge is 0.177 e. The second-order valence-electron chi connectivity index (χ2n) is 8.44. The highest BCUT2D eigenvalue weighted by Crippen LogP contribution is 2.61. The first-order valence-electron chi connectivity index (χ1n) is 10.4. The number of thiophene rings is 1. The maximum absolute atomic E-state index is 17.0. The van der Waals surface area contributed by atoms with E-state index in [0.717, 1.165) is 29.2 Å². The fourth-order valence-corrected chi connectivity index (χ4v) is 7.45. The van der Waals surface area contributed by atoms with Crippen LogP contribution in [0.25, 0.3) is 15.7 Å². The third-order valence-electron chi connectivity index (χ3n) is 6.58. The molecule has 2 aliphatic rings. The summed E-state index contributed by atoms with van der Waals surface area (Å²) >= 11 is 1.89. The topological polar surface area (TPSA) is 47.6 Å². The molecule has 1 aliphatic heterocycles. The van der Waals surface area contributed by atoms with E-state index in [0.29, 0.717) is 20.5 Å². The molecule has 2 heterocycles. The zero-order valence-electron chi connectivity index (χ0n) is 18.1. The van der Waals surface area contributed by atoms with Crippen LogP contribution in [0, 0.1) is 41.2 Å². The van der Waals surface area contributed by atoms with Gasteiger partial charge in [-0.3, -0.25) is 0 Å². The number of benzene rings is 2. The quantitative estimate of drug-likeness (QED) is 0.332. The molecule has 0 fully saturated rings. The number of alkyl halides is 4. The zero-order chi connectivity index (χ0) is 25.4. The summed E-state index contributed by atoms with van der Waals surface area (Å²) in [5.74, 6) is -3.28. The Labute approximate surface area is 204 Å². The Morgan fingerprint density at radius 3 is 2.37 bits per heavy atom. The number of rotatable bonds is 2. The van der Waals surface area contributed by atoms with Crippen molar-refractivity contribution < 1.29 is 26.3 Å². The van der Waals surface area contributed by atoms with Crippen LogP contribution in [0.3, 0.4) is 0 Å². The lowest BCUT2D eigenvalue weighted by molar-refractivity contribution is 0.118. The molecule has 1 aliphatic carbocycles. The maximum atomic E-state index is 17.0. The van der Waals surface area contributed by atoms with Crippen molar-refractivity contribution in [3.8, 4) is 12.1 Å². The molecule has 5 rings (SSSR count). The number of fused-ring (bicyclic) bond motifs is 2. The standard InChI is InChI=1S/C25H14F6N2S2/c1-9-16(13-4-3-11(7-32)5-14(13)34-9)17-19(23(29)24(30)21(17)27)25(31)10(2)35-15-6-12(8-33)20(26)22(28)18(15)25/h3-6,10,21,23-24H,1-2H3. The van der Waals surface area contributed by atoms with E-state index < -0.39 is 63.3 Å². The van der Waals surface area contributed by atoms with E-state index in [1.807, 2.05) is 6.07 Å². The number of hydrogen-bond donors (Lipinski definition) is 0. The van der Waals surface area contributed by atoms with Crippen molar-refractivity contribution in [2.75, 3.05) is 0 Å². The second-order valence-corrected chi connectivity index (χ2v) is 11.1. The molecule has 0 spiro atoms. The highest BCUT2D eigenvalue weighted by Gasteiger charge is 2.60. The van der Waals surface area contributed by atoms with E-state index in [4.69, 9.17) is 5.26 Å². The molecular weight excluding hydrogens is 506 g/mol. The first-order chi connectivity index (χ1) is 16.6. The fourth-order valence-electron chi connectivity index (χ4n) is 5.00. The molecule has 0 bridgehead atoms. The van der Waals surface area contributed by atoms with Crippen molar-refractivity contribution >= 4 is 38.8 Å². The van der Waals surface area contributed by atoms with Crippen LogP contribution in [0.5, 0.6) is 0 Å². The van der Waals surface area contributed by atoms with Gasteiger partial charge in [0, 0.05) is 47.4 Å². The molecule has 5 unspecified atom stereocenters. The molecule has 35 heavy (non-hydrogen) atoms. The molecule has 0 saturated heterocycles. The summed E-state index contributed by atoms with van der Waals surface area (Å²) in [6.07, 6.45) is -8.04. The predicted octanol–water partition coefficient (Wildman–Crippen LogP) is 7.37. The molecule has 10 heteroatoms. The third-order valence-corrected chi connectivity index (χ3v) is 8.90. The molecule has 0 amide bonds. The minimum absolute atomic E-state index is 0.0805. The number of thioether (sulfide) groups is 1. The van der Waals surface area contributed by atoms with Crippen molar-refractivity contribution in [3.63, 3.8) is 0 Å². The Bertz CT molecular complexity index is 1530. The molecule has 2 aromatic carbocycles. The van der Waals surface area contributed by atoms with Crippen molar-refractivity contribution in [2.24, 2.45) is 0 Å². The largest absolute Gasteiger partial charge is 0.240 e. The normalized spacial score (nSPS) is 27.8. The van der Waals surface area contributed by atoms with Crippen LogP contribution in [0.1, 0.15) is 34.1 Å². The molecule has 178 valence electrons. The Morgan fingerprint density at radius 1 is 1.00 bits per heavy atom. The third kappa shape index (κ3) is 3.09. The number of hydrogen-bond acceptors (Lipinski definition) is 4. The zero-order valence-corrected chi connectivity index (χ0v) is 19.7. The van der Waals surface area contributed by atoms with E-state index in [1.165, 1.54) is 31.2 Å². The van der Waals surface area contributed by atoms with Crippen molar-refractivity contribution in [1.29, 1.82) is 10.5 Å². The fraction of sp³-hybridized carbons (Fsp3) is 0.280. The van der Waals surface area contributed by atoms with Gasteiger partial charge >= 0.3 is 0 Å². The summed E-state index contributed by atoms with van der Waals surface area (Å²) in [5.41, 5.74) is -5.66. The second kappa shape index (κ2) is 8.04. The molecule has 0 saturated carbocycles. The average molecular weight is 521 g/mol. The average Bonchev–Trinajstić information content (AvgIpc) is 3.37. The first kappa shape index (κ1) is 23.8. The van der Waals surface area contributed by atoms with Gasteiger partial charge in [0.05, 0.1) is 17.2 Å². The molecule has 0 radical (unpaired) electrons. The van der Waals surface area contributed by atoms with Crippen LogP contribution in [-0.4, -0.2) is 23.8 Å². The summed E-state index contributed by atoms with van der Waals surface area (Å²) in [5, 5.41) is 17.4. The van der Waals surface area contributed by atoms with Crippen LogP contribution in [0.4, 0.5) is 26.3 Å². The lowest BCUT2D eigenvalue weighted by Crippen LogP contribution is -2.36. The van der Waals surface area contributed by atoms with Gasteiger partial charge in [-0.25, -0.2) is 26.3 Å². The highest BCUT2D eigenvalue weighted by atomic mass is 32.2. The SMILES string of the molecule is Cc1sc2cc(C#N)ccc2c1C1=C(C2(F)c3c(cc(C#N)c(F)c3F)SC2C)C(F)C(F)C1F. The summed E-state index contributed by atoms with van der Waals surface area (Å²) in [4.78, 5) is 0.304. The Hall–Kier alpha value is -2.95. The van der Waals surface area contributed by atoms with Crippen molar-refractivity contribution in [1.82, 2.24) is 0 Å². The number of nitrogens with zero attached hydrogens (tertiary/aromatic N) is 2. The van der Waals surface area contributed by atoms with Gasteiger partial charge in [-0.1, -0.05) is 6.07 Å². The van der Waals surface area contributed by atoms with Gasteiger partial charge in [0.1, 0.15) is 6.07 Å². The maximum Gasteiger partial charge on any atom is 0.177 e. The van der Waals surface area contributed by atoms with Crippen LogP contribution >= 0.6 is 23.1 Å². The van der Waals surface area contributed by atoms with Gasteiger partial charge in [0.15, 0.2) is 35.8 Å². The van der Waals surface area contributed by atoms with Crippen LogP contribution < -0.4 is 0 Å². The summed E-state index contributed by atoms with van der Waals surface area (Å²) in [7, 11) is 0. The summed E-state index contributed by atoms with van der Waals surface area (Å²) in [6, 6.07) is 8.91. The van der Waals surface area contributed by atoms with Gasteiger partial charge < -0.3 is 0 Å². The summed E-state index contributed by atoms with van der Waals surface area (Å²) < 4.78 is 92.9.